The molecule has 1 N–H and O–H groups in total. The van der Waals surface area contributed by atoms with Crippen molar-refractivity contribution in [2.75, 3.05) is 0 Å². The highest BCUT2D eigenvalue weighted by Gasteiger charge is 2.28. The third kappa shape index (κ3) is 4.13. The Bertz CT molecular complexity index is 673. The maximum Gasteiger partial charge on any atom is 0.267 e. The van der Waals surface area contributed by atoms with Crippen LogP contribution in [0.15, 0.2) is 4.90 Å². The Labute approximate surface area is 138 Å². The van der Waals surface area contributed by atoms with Gasteiger partial charge in [-0.25, -0.2) is 13.1 Å². The number of hydrogen-bond acceptors (Lipinski definition) is 4. The summed E-state index contributed by atoms with van der Waals surface area (Å²) in [6.45, 7) is 5.36. The van der Waals surface area contributed by atoms with Crippen molar-refractivity contribution in [1.29, 1.82) is 0 Å². The molecule has 0 unspecified atom stereocenters. The molecule has 1 aliphatic carbocycles. The van der Waals surface area contributed by atoms with E-state index in [0.717, 1.165) is 12.8 Å². The lowest BCUT2D eigenvalue weighted by atomic mass is 9.79. The Morgan fingerprint density at radius 2 is 1.91 bits per heavy atom. The molecule has 1 aromatic rings. The van der Waals surface area contributed by atoms with E-state index in [4.69, 9.17) is 0 Å². The van der Waals surface area contributed by atoms with Gasteiger partial charge in [0.15, 0.2) is 0 Å². The molecule has 0 spiro atoms. The zero-order valence-corrected chi connectivity index (χ0v) is 15.2. The normalized spacial score (nSPS) is 17.9. The first-order valence-electron chi connectivity index (χ1n) is 8.28. The highest BCUT2D eigenvalue weighted by molar-refractivity contribution is 7.90. The minimum atomic E-state index is -3.86. The lowest BCUT2D eigenvalue weighted by molar-refractivity contribution is -0.120. The predicted molar refractivity (Wildman–Crippen MR) is 88.4 cm³/mol. The minimum Gasteiger partial charge on any atom is -0.274 e. The van der Waals surface area contributed by atoms with Crippen LogP contribution in [0.2, 0.25) is 0 Å². The molecule has 6 nitrogen and oxygen atoms in total. The van der Waals surface area contributed by atoms with Gasteiger partial charge in [-0.3, -0.25) is 9.48 Å². The number of rotatable bonds is 5. The van der Waals surface area contributed by atoms with Crippen molar-refractivity contribution >= 4 is 15.9 Å². The summed E-state index contributed by atoms with van der Waals surface area (Å²) < 4.78 is 28.7. The van der Waals surface area contributed by atoms with Crippen LogP contribution in [0.3, 0.4) is 0 Å². The van der Waals surface area contributed by atoms with Gasteiger partial charge in [0, 0.05) is 13.5 Å². The quantitative estimate of drug-likeness (QED) is 0.892. The molecule has 0 bridgehead atoms. The summed E-state index contributed by atoms with van der Waals surface area (Å²) in [6.07, 6.45) is 6.22. The van der Waals surface area contributed by atoms with Crippen LogP contribution < -0.4 is 4.72 Å². The van der Waals surface area contributed by atoms with Gasteiger partial charge in [0.05, 0.1) is 11.4 Å². The van der Waals surface area contributed by atoms with Gasteiger partial charge >= 0.3 is 0 Å². The number of nitrogens with zero attached hydrogens (tertiary/aromatic N) is 2. The fraction of sp³-hybridized carbons (Fsp3) is 0.750. The Kier molecular flexibility index (Phi) is 5.49. The van der Waals surface area contributed by atoms with Crippen LogP contribution in [0, 0.1) is 25.7 Å². The Balaban J connectivity index is 2.03. The van der Waals surface area contributed by atoms with Crippen LogP contribution in [0.4, 0.5) is 0 Å². The largest absolute Gasteiger partial charge is 0.274 e. The molecule has 1 amide bonds. The first-order valence-corrected chi connectivity index (χ1v) is 9.76. The van der Waals surface area contributed by atoms with Gasteiger partial charge in [0.25, 0.3) is 10.0 Å². The summed E-state index contributed by atoms with van der Waals surface area (Å²) in [5, 5.41) is 4.10. The van der Waals surface area contributed by atoms with Crippen LogP contribution >= 0.6 is 0 Å². The smallest absolute Gasteiger partial charge is 0.267 e. The Morgan fingerprint density at radius 1 is 1.30 bits per heavy atom. The number of hydrogen-bond donors (Lipinski definition) is 1. The van der Waals surface area contributed by atoms with Crippen LogP contribution in [0.25, 0.3) is 0 Å². The summed E-state index contributed by atoms with van der Waals surface area (Å²) in [7, 11) is -2.17. The summed E-state index contributed by atoms with van der Waals surface area (Å²) in [4.78, 5) is 12.3. The second-order valence-electron chi connectivity index (χ2n) is 6.73. The van der Waals surface area contributed by atoms with Gasteiger partial charge in [-0.1, -0.05) is 39.0 Å². The summed E-state index contributed by atoms with van der Waals surface area (Å²) >= 11 is 0. The van der Waals surface area contributed by atoms with E-state index >= 15 is 0 Å². The number of aryl methyl sites for hydroxylation is 2. The van der Waals surface area contributed by atoms with Crippen molar-refractivity contribution in [3.63, 3.8) is 0 Å². The third-order valence-electron chi connectivity index (χ3n) is 4.92. The molecule has 1 saturated carbocycles. The molecular weight excluding hydrogens is 314 g/mol. The average molecular weight is 341 g/mol. The van der Waals surface area contributed by atoms with Crippen molar-refractivity contribution < 1.29 is 13.2 Å². The standard InChI is InChI=1S/C16H27N3O3S/c1-11(14-8-6-5-7-9-14)10-15(20)18-23(21,22)16-12(2)17-19(4)13(16)3/h11,14H,5-10H2,1-4H3,(H,18,20)/t11-/m0/s1. The van der Waals surface area contributed by atoms with Crippen molar-refractivity contribution in [3.05, 3.63) is 11.4 Å². The van der Waals surface area contributed by atoms with Crippen molar-refractivity contribution in [1.82, 2.24) is 14.5 Å². The van der Waals surface area contributed by atoms with Gasteiger partial charge in [-0.05, 0) is 25.7 Å². The monoisotopic (exact) mass is 341 g/mol. The maximum atomic E-state index is 12.5. The van der Waals surface area contributed by atoms with Gasteiger partial charge in [0.1, 0.15) is 4.90 Å². The van der Waals surface area contributed by atoms with E-state index in [1.54, 1.807) is 20.9 Å². The van der Waals surface area contributed by atoms with E-state index in [1.165, 1.54) is 23.9 Å². The second kappa shape index (κ2) is 7.03. The number of carbonyl (C=O) groups excluding carboxylic acids is 1. The minimum absolute atomic E-state index is 0.110. The van der Waals surface area contributed by atoms with E-state index in [2.05, 4.69) is 9.82 Å². The SMILES string of the molecule is Cc1nn(C)c(C)c1S(=O)(=O)NC(=O)C[C@H](C)C1CCCCC1. The molecule has 1 aliphatic rings. The molecule has 0 aliphatic heterocycles. The first-order chi connectivity index (χ1) is 10.7. The van der Waals surface area contributed by atoms with Crippen LogP contribution in [0.1, 0.15) is 56.8 Å². The number of aromatic nitrogens is 2. The molecule has 1 fully saturated rings. The fourth-order valence-corrected chi connectivity index (χ4v) is 4.98. The molecule has 0 radical (unpaired) electrons. The second-order valence-corrected chi connectivity index (χ2v) is 8.35. The molecule has 2 rings (SSSR count). The van der Waals surface area contributed by atoms with Crippen LogP contribution in [-0.2, 0) is 21.9 Å². The van der Waals surface area contributed by atoms with Crippen LogP contribution in [0.5, 0.6) is 0 Å². The van der Waals surface area contributed by atoms with Gasteiger partial charge < -0.3 is 0 Å². The number of sulfonamides is 1. The first kappa shape index (κ1) is 18.0. The molecule has 130 valence electrons. The predicted octanol–water partition coefficient (Wildman–Crippen LogP) is 2.45. The van der Waals surface area contributed by atoms with Gasteiger partial charge in [0.2, 0.25) is 5.91 Å². The van der Waals surface area contributed by atoms with Gasteiger partial charge in [-0.2, -0.15) is 5.10 Å². The highest BCUT2D eigenvalue weighted by Crippen LogP contribution is 2.31. The maximum absolute atomic E-state index is 12.5. The average Bonchev–Trinajstić information content (AvgIpc) is 2.72. The van der Waals surface area contributed by atoms with Crippen molar-refractivity contribution in [3.8, 4) is 0 Å². The van der Waals surface area contributed by atoms with E-state index in [9.17, 15) is 13.2 Å². The number of carbonyl (C=O) groups is 1. The van der Waals surface area contributed by atoms with Crippen LogP contribution in [-0.4, -0.2) is 24.1 Å². The van der Waals surface area contributed by atoms with E-state index in [1.807, 2.05) is 6.92 Å². The summed E-state index contributed by atoms with van der Waals surface area (Å²) in [6, 6.07) is 0. The van der Waals surface area contributed by atoms with E-state index < -0.39 is 15.9 Å². The molecular formula is C16H27N3O3S. The molecule has 0 aromatic carbocycles. The highest BCUT2D eigenvalue weighted by atomic mass is 32.2. The van der Waals surface area contributed by atoms with E-state index in [-0.39, 0.29) is 17.2 Å². The lowest BCUT2D eigenvalue weighted by Crippen LogP contribution is -2.33. The molecule has 7 heteroatoms. The summed E-state index contributed by atoms with van der Waals surface area (Å²) in [5.74, 6) is 0.311. The topological polar surface area (TPSA) is 81.1 Å². The van der Waals surface area contributed by atoms with Crippen molar-refractivity contribution in [2.45, 2.75) is 64.2 Å². The lowest BCUT2D eigenvalue weighted by Gasteiger charge is -2.27. The van der Waals surface area contributed by atoms with Gasteiger partial charge in [-0.15, -0.1) is 0 Å². The zero-order valence-electron chi connectivity index (χ0n) is 14.4. The molecule has 1 atom stereocenters. The molecule has 23 heavy (non-hydrogen) atoms. The molecule has 0 saturated heterocycles. The van der Waals surface area contributed by atoms with E-state index in [0.29, 0.717) is 17.3 Å². The fourth-order valence-electron chi connectivity index (χ4n) is 3.55. The molecule has 1 aromatic heterocycles. The Morgan fingerprint density at radius 3 is 2.43 bits per heavy atom. The zero-order chi connectivity index (χ0) is 17.2. The Hall–Kier alpha value is -1.37. The van der Waals surface area contributed by atoms with Crippen molar-refractivity contribution in [2.24, 2.45) is 18.9 Å². The third-order valence-corrected chi connectivity index (χ3v) is 6.55. The molecule has 1 heterocycles. The summed E-state index contributed by atoms with van der Waals surface area (Å²) in [5.41, 5.74) is 0.939. The number of amides is 1. The number of nitrogens with one attached hydrogen (secondary N) is 1.